The molecule has 3 aliphatic heterocycles. The van der Waals surface area contributed by atoms with Crippen molar-refractivity contribution in [3.8, 4) is 22.9 Å². The molecule has 1 N–H and O–H groups in total. The Kier molecular flexibility index (Phi) is 15.7. The number of aryl methyl sites for hydroxylation is 2. The Morgan fingerprint density at radius 1 is 0.597 bits per heavy atom. The maximum Gasteiger partial charge on any atom is 0.314 e. The quantitative estimate of drug-likeness (QED) is 0.0919. The van der Waals surface area contributed by atoms with E-state index in [1.165, 1.54) is 40.3 Å². The molecule has 4 aromatic heterocycles. The molecule has 0 unspecified atom stereocenters. The molecule has 72 heavy (non-hydrogen) atoms. The van der Waals surface area contributed by atoms with Crippen LogP contribution in [0.5, 0.6) is 0 Å². The summed E-state index contributed by atoms with van der Waals surface area (Å²) in [4.78, 5) is 13.6. The van der Waals surface area contributed by atoms with Crippen molar-refractivity contribution in [3.05, 3.63) is 119 Å². The van der Waals surface area contributed by atoms with Gasteiger partial charge in [0.1, 0.15) is 0 Å². The van der Waals surface area contributed by atoms with Crippen LogP contribution in [0.15, 0.2) is 94.0 Å². The molecule has 4 fully saturated rings. The van der Waals surface area contributed by atoms with Gasteiger partial charge in [-0.1, -0.05) is 30.7 Å². The molecule has 1 aliphatic carbocycles. The van der Waals surface area contributed by atoms with Crippen molar-refractivity contribution in [1.82, 2.24) is 45.5 Å². The van der Waals surface area contributed by atoms with E-state index in [1.54, 1.807) is 36.4 Å². The van der Waals surface area contributed by atoms with Crippen LogP contribution in [0, 0.1) is 13.8 Å². The van der Waals surface area contributed by atoms with Crippen LogP contribution < -0.4 is 13.9 Å². The first kappa shape index (κ1) is 51.0. The predicted molar refractivity (Wildman–Crippen MR) is 261 cm³/mol. The zero-order chi connectivity index (χ0) is 50.6. The average molecular weight is 1040 g/mol. The van der Waals surface area contributed by atoms with Gasteiger partial charge in [0, 0.05) is 37.6 Å². The Morgan fingerprint density at radius 3 is 1.35 bits per heavy atom. The molecule has 0 radical (unpaired) electrons. The third-order valence-corrected chi connectivity index (χ3v) is 18.4. The number of piperidine rings is 2. The first-order chi connectivity index (χ1) is 34.6. The van der Waals surface area contributed by atoms with Crippen molar-refractivity contribution in [2.45, 2.75) is 107 Å². The highest BCUT2D eigenvalue weighted by atomic mass is 32.2. The van der Waals surface area contributed by atoms with Gasteiger partial charge in [0.25, 0.3) is 11.8 Å². The van der Waals surface area contributed by atoms with Crippen LogP contribution in [-0.2, 0) is 33.1 Å². The first-order valence-corrected chi connectivity index (χ1v) is 27.1. The highest BCUT2D eigenvalue weighted by Crippen LogP contribution is 2.34. The van der Waals surface area contributed by atoms with Crippen molar-refractivity contribution in [2.75, 3.05) is 47.9 Å². The summed E-state index contributed by atoms with van der Waals surface area (Å²) in [5, 5.41) is 16.3. The maximum absolute atomic E-state index is 13.9. The van der Waals surface area contributed by atoms with Crippen LogP contribution in [0.25, 0.3) is 22.9 Å². The molecule has 2 aromatic carbocycles. The van der Waals surface area contributed by atoms with Crippen molar-refractivity contribution < 1.29 is 43.2 Å². The number of likely N-dealkylation sites (tertiary alicyclic amines) is 2. The van der Waals surface area contributed by atoms with Gasteiger partial charge in [-0.05, 0) is 138 Å². The molecular formula is C49H57F4N11O6S2. The largest absolute Gasteiger partial charge is 0.415 e. The molecule has 384 valence electrons. The summed E-state index contributed by atoms with van der Waals surface area (Å²) >= 11 is 0. The fourth-order valence-corrected chi connectivity index (χ4v) is 13.2. The topological polar surface area (TPSA) is 197 Å². The Balaban J connectivity index is 0.000000178. The molecule has 0 bridgehead atoms. The molecule has 0 spiro atoms. The number of pyridine rings is 2. The second-order valence-electron chi connectivity index (χ2n) is 18.7. The molecule has 0 amide bonds. The van der Waals surface area contributed by atoms with E-state index < -0.39 is 55.2 Å². The number of nitrogens with one attached hydrogen (secondary N) is 1. The van der Waals surface area contributed by atoms with Crippen molar-refractivity contribution in [3.63, 3.8) is 0 Å². The summed E-state index contributed by atoms with van der Waals surface area (Å²) in [7, 11) is -7.33. The lowest BCUT2D eigenvalue weighted by atomic mass is 9.90. The monoisotopic (exact) mass is 1040 g/mol. The maximum atomic E-state index is 13.9. The zero-order valence-corrected chi connectivity index (χ0v) is 41.5. The van der Waals surface area contributed by atoms with E-state index in [0.717, 1.165) is 50.4 Å². The second-order valence-corrected chi connectivity index (χ2v) is 23.0. The number of rotatable bonds is 16. The minimum absolute atomic E-state index is 0.0466. The lowest BCUT2D eigenvalue weighted by molar-refractivity contribution is 0.106. The van der Waals surface area contributed by atoms with E-state index in [0.29, 0.717) is 71.7 Å². The fraction of sp³-hybridized carbons (Fsp3) is 0.469. The van der Waals surface area contributed by atoms with Gasteiger partial charge in [-0.3, -0.25) is 23.5 Å². The van der Waals surface area contributed by atoms with Gasteiger partial charge in [-0.25, -0.2) is 16.8 Å². The number of benzene rings is 2. The molecule has 4 aliphatic rings. The van der Waals surface area contributed by atoms with Crippen molar-refractivity contribution in [2.24, 2.45) is 0 Å². The number of sulfonamides is 2. The van der Waals surface area contributed by atoms with Gasteiger partial charge in [-0.15, -0.1) is 20.4 Å². The van der Waals surface area contributed by atoms with E-state index in [1.807, 2.05) is 50.2 Å². The summed E-state index contributed by atoms with van der Waals surface area (Å²) in [5.41, 5.74) is 4.88. The molecule has 10 rings (SSSR count). The molecule has 7 heterocycles. The molecular weight excluding hydrogens is 979 g/mol. The fourth-order valence-electron chi connectivity index (χ4n) is 9.41. The van der Waals surface area contributed by atoms with Crippen LogP contribution in [0.2, 0.25) is 0 Å². The molecule has 17 nitrogen and oxygen atoms in total. The van der Waals surface area contributed by atoms with E-state index >= 15 is 0 Å². The predicted octanol–water partition coefficient (Wildman–Crippen LogP) is 7.88. The third-order valence-electron chi connectivity index (χ3n) is 13.9. The van der Waals surface area contributed by atoms with Gasteiger partial charge < -0.3 is 19.1 Å². The number of aromatic nitrogens is 6. The summed E-state index contributed by atoms with van der Waals surface area (Å²) < 4.78 is 119. The number of halogens is 4. The zero-order valence-electron chi connectivity index (χ0n) is 39.9. The van der Waals surface area contributed by atoms with Crippen LogP contribution in [0.1, 0.15) is 92.1 Å². The Hall–Kier alpha value is -5.88. The minimum Gasteiger partial charge on any atom is -0.415 e. The van der Waals surface area contributed by atoms with E-state index in [4.69, 9.17) is 8.83 Å². The summed E-state index contributed by atoms with van der Waals surface area (Å²) in [5.74, 6) is -1.65. The minimum atomic E-state index is -3.67. The van der Waals surface area contributed by atoms with Crippen LogP contribution in [0.4, 0.5) is 28.9 Å². The molecule has 6 aromatic rings. The lowest BCUT2D eigenvalue weighted by Crippen LogP contribution is -2.59. The van der Waals surface area contributed by atoms with Crippen molar-refractivity contribution in [1.29, 1.82) is 0 Å². The number of alkyl halides is 4. The highest BCUT2D eigenvalue weighted by Gasteiger charge is 2.39. The summed E-state index contributed by atoms with van der Waals surface area (Å²) in [6, 6.07) is 22.5. The molecule has 0 atom stereocenters. The van der Waals surface area contributed by atoms with Gasteiger partial charge in [0.05, 0.1) is 57.5 Å². The Morgan fingerprint density at radius 2 is 1.03 bits per heavy atom. The SMILES string of the molecule is Cc1cccc(N(Cc2ccc(-c3nnc(C(F)F)o3)cn2)S(=O)(=O)C2CCN(C3CCC3)CC2)c1.Cc1cccc(N(Cc2ccc(-c3nnc(C(F)F)o3)cn2)S(=O)(=O)C2CCN(C3CNC3)CC2)c1. The molecule has 23 heteroatoms. The lowest BCUT2D eigenvalue weighted by Gasteiger charge is -2.42. The third kappa shape index (κ3) is 11.6. The smallest absolute Gasteiger partial charge is 0.314 e. The normalized spacial score (nSPS) is 17.9. The second kappa shape index (κ2) is 22.1. The van der Waals surface area contributed by atoms with Gasteiger partial charge in [0.2, 0.25) is 31.8 Å². The average Bonchev–Trinajstić information content (AvgIpc) is 4.05. The number of hydrogen-bond donors (Lipinski definition) is 1. The Bertz CT molecular complexity index is 2780. The van der Waals surface area contributed by atoms with Gasteiger partial charge >= 0.3 is 12.9 Å². The Labute approximate surface area is 416 Å². The van der Waals surface area contributed by atoms with Crippen LogP contribution in [0.3, 0.4) is 0 Å². The van der Waals surface area contributed by atoms with Gasteiger partial charge in [0.15, 0.2) is 0 Å². The number of nitrogens with zero attached hydrogens (tertiary/aromatic N) is 10. The van der Waals surface area contributed by atoms with Gasteiger partial charge in [-0.2, -0.15) is 17.6 Å². The molecule has 1 saturated carbocycles. The summed E-state index contributed by atoms with van der Waals surface area (Å²) in [6.45, 7) is 8.99. The standard InChI is InChI=1S/C25H29F2N5O3S.C24H28F2N6O3S/c1-17-4-2-7-21(14-17)32(36(33,34)22-10-12-31(13-11-22)20-5-3-6-20)16-19-9-8-18(15-28-19)24-29-30-25(35-24)23(26)27;1-16-3-2-4-19(11-16)32(36(33,34)21-7-9-31(10-8-21)20-13-27-14-20)15-18-6-5-17(12-28-18)23-29-30-24(35-23)22(25)26/h2,4,7-9,14-15,20,22-23H,3,5-6,10-13,16H2,1H3;2-6,11-12,20-22,27H,7-10,13-15H2,1H3. The van der Waals surface area contributed by atoms with E-state index in [-0.39, 0.29) is 24.9 Å². The van der Waals surface area contributed by atoms with Crippen LogP contribution >= 0.6 is 0 Å². The van der Waals surface area contributed by atoms with Crippen molar-refractivity contribution >= 4 is 31.4 Å². The number of hydrogen-bond acceptors (Lipinski definition) is 15. The number of anilines is 2. The highest BCUT2D eigenvalue weighted by molar-refractivity contribution is 7.93. The summed E-state index contributed by atoms with van der Waals surface area (Å²) in [6.07, 6.45) is 3.19. The van der Waals surface area contributed by atoms with E-state index in [9.17, 15) is 34.4 Å². The first-order valence-electron chi connectivity index (χ1n) is 24.1. The molecule has 3 saturated heterocycles. The van der Waals surface area contributed by atoms with Crippen LogP contribution in [-0.4, -0.2) is 119 Å². The van der Waals surface area contributed by atoms with E-state index in [2.05, 4.69) is 45.5 Å².